The number of hydrogen-bond donors (Lipinski definition) is 2. The number of nitrogens with zero attached hydrogens (tertiary/aromatic N) is 1. The third kappa shape index (κ3) is 2.40. The number of aromatic nitrogens is 1. The molecule has 2 N–H and O–H groups in total. The lowest BCUT2D eigenvalue weighted by Crippen LogP contribution is -2.29. The quantitative estimate of drug-likeness (QED) is 0.855. The molecule has 1 aromatic carbocycles. The fourth-order valence-corrected chi connectivity index (χ4v) is 3.84. The average molecular weight is 351 g/mol. The second-order valence-electron chi connectivity index (χ2n) is 6.28. The van der Waals surface area contributed by atoms with Crippen molar-refractivity contribution in [2.75, 3.05) is 14.2 Å². The largest absolute Gasteiger partial charge is 0.497 e. The van der Waals surface area contributed by atoms with E-state index in [-0.39, 0.29) is 13.3 Å². The minimum atomic E-state index is -0.181. The molecule has 0 saturated carbocycles. The molecule has 0 spiro atoms. The van der Waals surface area contributed by atoms with Gasteiger partial charge in [-0.2, -0.15) is 0 Å². The molecule has 134 valence electrons. The van der Waals surface area contributed by atoms with Gasteiger partial charge in [0.15, 0.2) is 0 Å². The van der Waals surface area contributed by atoms with Crippen LogP contribution >= 0.6 is 0 Å². The van der Waals surface area contributed by atoms with Crippen LogP contribution in [0.4, 0.5) is 0 Å². The summed E-state index contributed by atoms with van der Waals surface area (Å²) in [4.78, 5) is 0. The van der Waals surface area contributed by atoms with Crippen LogP contribution in [0.3, 0.4) is 0 Å². The van der Waals surface area contributed by atoms with Gasteiger partial charge >= 0.3 is 0 Å². The van der Waals surface area contributed by atoms with Crippen molar-refractivity contribution < 1.29 is 19.7 Å². The van der Waals surface area contributed by atoms with E-state index in [9.17, 15) is 10.2 Å². The first kappa shape index (κ1) is 16.7. The molecule has 5 nitrogen and oxygen atoms in total. The molecule has 0 radical (unpaired) electrons. The summed E-state index contributed by atoms with van der Waals surface area (Å²) in [7, 11) is 3.30. The standard InChI is InChI=1S/C21H21NO4/c1-25-15-5-3-13(4-6-15)20-18-10-14-9-16(26-2)7-8-17(14)21(18)22(12-24)19(20)11-23/h3-7,9-10,23-24H,8,11-12H2,1-2H3. The van der Waals surface area contributed by atoms with Crippen molar-refractivity contribution in [3.63, 3.8) is 0 Å². The summed E-state index contributed by atoms with van der Waals surface area (Å²) < 4.78 is 12.4. The van der Waals surface area contributed by atoms with E-state index >= 15 is 0 Å². The fourth-order valence-electron chi connectivity index (χ4n) is 3.84. The van der Waals surface area contributed by atoms with Gasteiger partial charge in [0.05, 0.1) is 31.9 Å². The van der Waals surface area contributed by atoms with Crippen molar-refractivity contribution in [2.24, 2.45) is 0 Å². The van der Waals surface area contributed by atoms with Crippen molar-refractivity contribution in [2.45, 2.75) is 19.8 Å². The molecule has 1 heterocycles. The van der Waals surface area contributed by atoms with Gasteiger partial charge in [-0.3, -0.25) is 0 Å². The molecule has 2 aliphatic carbocycles. The second-order valence-corrected chi connectivity index (χ2v) is 6.28. The Morgan fingerprint density at radius 2 is 1.81 bits per heavy atom. The highest BCUT2D eigenvalue weighted by Crippen LogP contribution is 2.30. The Bertz CT molecular complexity index is 1040. The van der Waals surface area contributed by atoms with Crippen LogP contribution in [-0.4, -0.2) is 29.0 Å². The van der Waals surface area contributed by atoms with E-state index in [0.29, 0.717) is 5.69 Å². The summed E-state index contributed by atoms with van der Waals surface area (Å²) in [5.74, 6) is 1.62. The fraction of sp³-hybridized carbons (Fsp3) is 0.238. The SMILES string of the molecule is COC1=CCC2=c3c(c(-c4ccc(OC)cc4)c(CO)n3CO)=CC2=C1. The number of rotatable bonds is 5. The predicted octanol–water partition coefficient (Wildman–Crippen LogP) is 1.41. The smallest absolute Gasteiger partial charge is 0.120 e. The Morgan fingerprint density at radius 1 is 1.04 bits per heavy atom. The van der Waals surface area contributed by atoms with E-state index in [1.165, 1.54) is 0 Å². The molecule has 0 unspecified atom stereocenters. The van der Waals surface area contributed by atoms with E-state index in [2.05, 4.69) is 6.08 Å². The number of aliphatic hydroxyl groups excluding tert-OH is 2. The number of hydrogen-bond acceptors (Lipinski definition) is 4. The Labute approximate surface area is 151 Å². The van der Waals surface area contributed by atoms with Gasteiger partial charge in [0.25, 0.3) is 0 Å². The molecular weight excluding hydrogens is 330 g/mol. The lowest BCUT2D eigenvalue weighted by Gasteiger charge is -2.14. The minimum Gasteiger partial charge on any atom is -0.497 e. The highest BCUT2D eigenvalue weighted by molar-refractivity contribution is 5.87. The van der Waals surface area contributed by atoms with E-state index in [4.69, 9.17) is 9.47 Å². The van der Waals surface area contributed by atoms with Crippen LogP contribution in [0.1, 0.15) is 12.1 Å². The Morgan fingerprint density at radius 3 is 2.42 bits per heavy atom. The summed E-state index contributed by atoms with van der Waals surface area (Å²) in [6.45, 7) is -0.325. The first-order valence-corrected chi connectivity index (χ1v) is 8.50. The van der Waals surface area contributed by atoms with Crippen molar-refractivity contribution in [1.82, 2.24) is 4.57 Å². The van der Waals surface area contributed by atoms with Crippen molar-refractivity contribution >= 4 is 11.6 Å². The van der Waals surface area contributed by atoms with E-state index in [1.807, 2.05) is 36.4 Å². The van der Waals surface area contributed by atoms with Gasteiger partial charge in [0.2, 0.25) is 0 Å². The second kappa shape index (κ2) is 6.52. The topological polar surface area (TPSA) is 63.8 Å². The predicted molar refractivity (Wildman–Crippen MR) is 99.5 cm³/mol. The van der Waals surface area contributed by atoms with Crippen LogP contribution in [0.25, 0.3) is 22.8 Å². The van der Waals surface area contributed by atoms with Crippen molar-refractivity contribution in [3.8, 4) is 16.9 Å². The minimum absolute atomic E-state index is 0.145. The number of allylic oxidation sites excluding steroid dienone is 3. The Hall–Kier alpha value is -2.76. The zero-order valence-electron chi connectivity index (χ0n) is 14.8. The highest BCUT2D eigenvalue weighted by atomic mass is 16.5. The zero-order valence-corrected chi connectivity index (χ0v) is 14.8. The van der Waals surface area contributed by atoms with Gasteiger partial charge in [0, 0.05) is 10.8 Å². The van der Waals surface area contributed by atoms with Crippen LogP contribution in [-0.2, 0) is 18.1 Å². The normalized spacial score (nSPS) is 15.0. The van der Waals surface area contributed by atoms with Gasteiger partial charge in [-0.05, 0) is 53.5 Å². The molecule has 26 heavy (non-hydrogen) atoms. The first-order chi connectivity index (χ1) is 12.7. The third-order valence-corrected chi connectivity index (χ3v) is 5.05. The molecule has 0 atom stereocenters. The van der Waals surface area contributed by atoms with Gasteiger partial charge in [-0.15, -0.1) is 0 Å². The first-order valence-electron chi connectivity index (χ1n) is 8.50. The zero-order chi connectivity index (χ0) is 18.3. The maximum atomic E-state index is 10.00. The number of aliphatic hydroxyl groups is 2. The monoisotopic (exact) mass is 351 g/mol. The Kier molecular flexibility index (Phi) is 4.18. The van der Waals surface area contributed by atoms with Gasteiger partial charge in [-0.1, -0.05) is 12.1 Å². The molecule has 5 heteroatoms. The van der Waals surface area contributed by atoms with Crippen LogP contribution in [0.2, 0.25) is 0 Å². The number of methoxy groups -OCH3 is 2. The van der Waals surface area contributed by atoms with Gasteiger partial charge < -0.3 is 24.3 Å². The van der Waals surface area contributed by atoms with Gasteiger partial charge in [-0.25, -0.2) is 0 Å². The Balaban J connectivity index is 2.00. The number of fused-ring (bicyclic) bond motifs is 2. The van der Waals surface area contributed by atoms with Crippen LogP contribution < -0.4 is 15.3 Å². The molecule has 4 rings (SSSR count). The number of benzene rings is 1. The van der Waals surface area contributed by atoms with Crippen LogP contribution in [0.15, 0.2) is 47.7 Å². The lowest BCUT2D eigenvalue weighted by molar-refractivity contribution is 0.190. The average Bonchev–Trinajstić information content (AvgIpc) is 3.20. The summed E-state index contributed by atoms with van der Waals surface area (Å²) in [6.07, 6.45) is 6.89. The molecule has 2 aliphatic rings. The molecule has 1 aromatic heterocycles. The van der Waals surface area contributed by atoms with Crippen LogP contribution in [0.5, 0.6) is 5.75 Å². The molecule has 0 aliphatic heterocycles. The molecule has 2 aromatic rings. The van der Waals surface area contributed by atoms with E-state index in [0.717, 1.165) is 50.8 Å². The summed E-state index contributed by atoms with van der Waals surface area (Å²) >= 11 is 0. The third-order valence-electron chi connectivity index (χ3n) is 5.05. The molecule has 0 fully saturated rings. The van der Waals surface area contributed by atoms with Crippen LogP contribution in [0, 0.1) is 0 Å². The summed E-state index contributed by atoms with van der Waals surface area (Å²) in [5.41, 5.74) is 4.88. The molecular formula is C21H21NO4. The maximum absolute atomic E-state index is 10.00. The molecule has 0 saturated heterocycles. The molecule has 0 amide bonds. The van der Waals surface area contributed by atoms with Crippen molar-refractivity contribution in [3.05, 3.63) is 64.0 Å². The number of ether oxygens (including phenoxy) is 2. The lowest BCUT2D eigenvalue weighted by atomic mass is 9.99. The summed E-state index contributed by atoms with van der Waals surface area (Å²) in [5, 5.41) is 22.0. The van der Waals surface area contributed by atoms with E-state index in [1.54, 1.807) is 18.8 Å². The molecule has 0 bridgehead atoms. The van der Waals surface area contributed by atoms with Crippen molar-refractivity contribution in [1.29, 1.82) is 0 Å². The van der Waals surface area contributed by atoms with Gasteiger partial charge in [0.1, 0.15) is 18.2 Å². The maximum Gasteiger partial charge on any atom is 0.120 e. The van der Waals surface area contributed by atoms with E-state index < -0.39 is 0 Å². The summed E-state index contributed by atoms with van der Waals surface area (Å²) in [6, 6.07) is 7.75. The highest BCUT2D eigenvalue weighted by Gasteiger charge is 2.24.